The van der Waals surface area contributed by atoms with Gasteiger partial charge < -0.3 is 28.1 Å². The van der Waals surface area contributed by atoms with E-state index in [4.69, 9.17) is 5.11 Å². The Morgan fingerprint density at radius 3 is 1.55 bits per heavy atom. The molecule has 3 nitrogen and oxygen atoms in total. The summed E-state index contributed by atoms with van der Waals surface area (Å²) >= 11 is 0. The van der Waals surface area contributed by atoms with Crippen LogP contribution in [0.15, 0.2) is 0 Å². The molecule has 0 saturated heterocycles. The standard InChI is InChI=1S/C6H16NO.2ClH.H3N/c1-6(8)5-7(2,3)4;;;/h6,8H,5H2,1-4H3;2*1H;1H3/q+1;;;/p-1. The van der Waals surface area contributed by atoms with Gasteiger partial charge in [-0.3, -0.25) is 0 Å². The summed E-state index contributed by atoms with van der Waals surface area (Å²) in [5.41, 5.74) is 0. The van der Waals surface area contributed by atoms with Crippen molar-refractivity contribution in [3.63, 3.8) is 0 Å². The van der Waals surface area contributed by atoms with Crippen molar-refractivity contribution in [3.8, 4) is 0 Å². The fourth-order valence-electron chi connectivity index (χ4n) is 0.793. The highest BCUT2D eigenvalue weighted by Crippen LogP contribution is 1.92. The fourth-order valence-corrected chi connectivity index (χ4v) is 0.793. The second-order valence-electron chi connectivity index (χ2n) is 3.32. The van der Waals surface area contributed by atoms with Crippen molar-refractivity contribution in [3.05, 3.63) is 0 Å². The van der Waals surface area contributed by atoms with Gasteiger partial charge in [-0.1, -0.05) is 0 Å². The van der Waals surface area contributed by atoms with Crippen molar-refractivity contribution in [1.29, 1.82) is 0 Å². The molecule has 0 aromatic carbocycles. The summed E-state index contributed by atoms with van der Waals surface area (Å²) in [4.78, 5) is 0. The molecule has 0 spiro atoms. The molecule has 0 aliphatic rings. The zero-order valence-electron chi connectivity index (χ0n) is 7.67. The van der Waals surface area contributed by atoms with Crippen LogP contribution in [-0.4, -0.2) is 43.4 Å². The van der Waals surface area contributed by atoms with Gasteiger partial charge in [0, 0.05) is 0 Å². The normalized spacial score (nSPS) is 11.7. The third kappa shape index (κ3) is 25.1. The molecule has 5 heteroatoms. The van der Waals surface area contributed by atoms with Crippen LogP contribution in [0.3, 0.4) is 0 Å². The van der Waals surface area contributed by atoms with Crippen molar-refractivity contribution in [2.24, 2.45) is 0 Å². The predicted octanol–water partition coefficient (Wildman–Crippen LogP) is -2.34. The molecular weight excluding hydrogens is 187 g/mol. The molecule has 0 heterocycles. The van der Waals surface area contributed by atoms with Crippen molar-refractivity contribution in [1.82, 2.24) is 6.15 Å². The van der Waals surface area contributed by atoms with Gasteiger partial charge in [0.25, 0.3) is 0 Å². The minimum Gasteiger partial charge on any atom is -1.00 e. The summed E-state index contributed by atoms with van der Waals surface area (Å²) in [6, 6.07) is 0. The molecular formula is C6H20Cl2N2O. The van der Waals surface area contributed by atoms with E-state index in [1.807, 2.05) is 6.92 Å². The van der Waals surface area contributed by atoms with Crippen LogP contribution in [0.25, 0.3) is 0 Å². The molecule has 1 atom stereocenters. The van der Waals surface area contributed by atoms with Gasteiger partial charge in [-0.25, -0.2) is 0 Å². The van der Waals surface area contributed by atoms with Gasteiger partial charge in [0.2, 0.25) is 0 Å². The van der Waals surface area contributed by atoms with Crippen LogP contribution in [0.2, 0.25) is 0 Å². The lowest BCUT2D eigenvalue weighted by molar-refractivity contribution is -0.873. The lowest BCUT2D eigenvalue weighted by Gasteiger charge is -2.24. The van der Waals surface area contributed by atoms with Gasteiger partial charge in [0.15, 0.2) is 0 Å². The summed E-state index contributed by atoms with van der Waals surface area (Å²) in [7, 11) is 6.19. The summed E-state index contributed by atoms with van der Waals surface area (Å²) in [6.07, 6.45) is -0.185. The first-order valence-electron chi connectivity index (χ1n) is 2.90. The zero-order chi connectivity index (χ0) is 6.78. The SMILES string of the molecule is CC(O)C[N+](C)(C)C.Cl.N.[Cl-]. The first-order valence-corrected chi connectivity index (χ1v) is 2.90. The Kier molecular flexibility index (Phi) is 17.5. The Balaban J connectivity index is -0.0000000817. The zero-order valence-corrected chi connectivity index (χ0v) is 9.24. The van der Waals surface area contributed by atoms with Crippen LogP contribution in [0, 0.1) is 0 Å². The highest BCUT2D eigenvalue weighted by Gasteiger charge is 2.09. The van der Waals surface area contributed by atoms with Crippen LogP contribution < -0.4 is 18.6 Å². The molecule has 0 aliphatic heterocycles. The lowest BCUT2D eigenvalue weighted by atomic mass is 10.3. The third-order valence-electron chi connectivity index (χ3n) is 0.812. The molecule has 0 amide bonds. The van der Waals surface area contributed by atoms with Gasteiger partial charge in [-0.15, -0.1) is 12.4 Å². The Morgan fingerprint density at radius 1 is 1.27 bits per heavy atom. The Bertz CT molecular complexity index is 73.5. The van der Waals surface area contributed by atoms with Gasteiger partial charge in [0.1, 0.15) is 12.6 Å². The van der Waals surface area contributed by atoms with E-state index in [-0.39, 0.29) is 37.1 Å². The average Bonchev–Trinajstić information content (AvgIpc) is 1.21. The van der Waals surface area contributed by atoms with Gasteiger partial charge in [0.05, 0.1) is 21.1 Å². The Morgan fingerprint density at radius 2 is 1.55 bits per heavy atom. The van der Waals surface area contributed by atoms with E-state index in [0.717, 1.165) is 11.0 Å². The molecule has 11 heavy (non-hydrogen) atoms. The first kappa shape index (κ1) is 22.5. The Hall–Kier alpha value is 0.460. The minimum atomic E-state index is -0.185. The molecule has 0 radical (unpaired) electrons. The molecule has 0 aromatic heterocycles. The van der Waals surface area contributed by atoms with Crippen LogP contribution in [0.1, 0.15) is 6.92 Å². The third-order valence-corrected chi connectivity index (χ3v) is 0.812. The van der Waals surface area contributed by atoms with Crippen molar-refractivity contribution < 1.29 is 22.0 Å². The van der Waals surface area contributed by atoms with Crippen molar-refractivity contribution >= 4 is 12.4 Å². The number of likely N-dealkylation sites (N-methyl/N-ethyl adjacent to an activating group) is 1. The number of nitrogens with zero attached hydrogens (tertiary/aromatic N) is 1. The van der Waals surface area contributed by atoms with Gasteiger partial charge in [-0.2, -0.15) is 0 Å². The molecule has 0 bridgehead atoms. The number of rotatable bonds is 2. The largest absolute Gasteiger partial charge is 1.00 e. The average molecular weight is 207 g/mol. The van der Waals surface area contributed by atoms with Gasteiger partial charge in [-0.05, 0) is 6.92 Å². The van der Waals surface area contributed by atoms with E-state index in [1.165, 1.54) is 0 Å². The molecule has 0 saturated carbocycles. The van der Waals surface area contributed by atoms with E-state index in [1.54, 1.807) is 0 Å². The summed E-state index contributed by atoms with van der Waals surface area (Å²) in [5, 5.41) is 8.87. The lowest BCUT2D eigenvalue weighted by Crippen LogP contribution is -3.00. The first-order chi connectivity index (χ1) is 3.42. The van der Waals surface area contributed by atoms with E-state index in [2.05, 4.69) is 21.1 Å². The van der Waals surface area contributed by atoms with Crippen LogP contribution in [0.4, 0.5) is 0 Å². The molecule has 0 aromatic rings. The monoisotopic (exact) mass is 206 g/mol. The Labute approximate surface area is 81.8 Å². The molecule has 4 N–H and O–H groups in total. The predicted molar refractivity (Wildman–Crippen MR) is 46.9 cm³/mol. The van der Waals surface area contributed by atoms with Crippen LogP contribution in [0.5, 0.6) is 0 Å². The maximum atomic E-state index is 8.87. The summed E-state index contributed by atoms with van der Waals surface area (Å²) in [5.74, 6) is 0. The minimum absolute atomic E-state index is 0. The highest BCUT2D eigenvalue weighted by atomic mass is 35.5. The number of halogens is 2. The van der Waals surface area contributed by atoms with Crippen molar-refractivity contribution in [2.45, 2.75) is 13.0 Å². The summed E-state index contributed by atoms with van der Waals surface area (Å²) in [6.45, 7) is 2.63. The molecule has 0 fully saturated rings. The topological polar surface area (TPSA) is 55.2 Å². The number of quaternary nitrogens is 1. The van der Waals surface area contributed by atoms with E-state index in [9.17, 15) is 0 Å². The molecule has 0 aliphatic carbocycles. The van der Waals surface area contributed by atoms with E-state index in [0.29, 0.717) is 0 Å². The maximum Gasteiger partial charge on any atom is 0.104 e. The fraction of sp³-hybridized carbons (Fsp3) is 1.00. The number of aliphatic hydroxyl groups is 1. The quantitative estimate of drug-likeness (QED) is 0.499. The number of hydrogen-bond acceptors (Lipinski definition) is 2. The number of aliphatic hydroxyl groups excluding tert-OH is 1. The van der Waals surface area contributed by atoms with Gasteiger partial charge >= 0.3 is 0 Å². The second-order valence-corrected chi connectivity index (χ2v) is 3.32. The van der Waals surface area contributed by atoms with E-state index >= 15 is 0 Å². The maximum absolute atomic E-state index is 8.87. The molecule has 0 rings (SSSR count). The van der Waals surface area contributed by atoms with E-state index < -0.39 is 0 Å². The van der Waals surface area contributed by atoms with Crippen molar-refractivity contribution in [2.75, 3.05) is 27.7 Å². The van der Waals surface area contributed by atoms with Crippen LogP contribution >= 0.6 is 12.4 Å². The summed E-state index contributed by atoms with van der Waals surface area (Å²) < 4.78 is 0.831. The number of hydrogen-bond donors (Lipinski definition) is 2. The second kappa shape index (κ2) is 8.56. The highest BCUT2D eigenvalue weighted by molar-refractivity contribution is 5.85. The van der Waals surface area contributed by atoms with Crippen LogP contribution in [-0.2, 0) is 0 Å². The smallest absolute Gasteiger partial charge is 0.104 e. The molecule has 74 valence electrons. The molecule has 1 unspecified atom stereocenters.